The zero-order chi connectivity index (χ0) is 20.1. The summed E-state index contributed by atoms with van der Waals surface area (Å²) in [6.07, 6.45) is 2.67. The van der Waals surface area contributed by atoms with Crippen LogP contribution in [0, 0.1) is 0 Å². The van der Waals surface area contributed by atoms with Crippen LogP contribution in [0.4, 0.5) is 0 Å². The average molecular weight is 428 g/mol. The fourth-order valence-electron chi connectivity index (χ4n) is 2.99. The maximum Gasteiger partial charge on any atom is 0.327 e. The topological polar surface area (TPSA) is 83.6 Å². The van der Waals surface area contributed by atoms with Crippen molar-refractivity contribution in [2.45, 2.75) is 54.9 Å². The molecule has 0 radical (unpaired) electrons. The van der Waals surface area contributed by atoms with E-state index in [4.69, 9.17) is 27.1 Å². The van der Waals surface area contributed by atoms with Gasteiger partial charge in [-0.15, -0.1) is 0 Å². The highest BCUT2D eigenvalue weighted by molar-refractivity contribution is 7.99. The van der Waals surface area contributed by atoms with E-state index in [0.29, 0.717) is 11.4 Å². The third-order valence-electron chi connectivity index (χ3n) is 4.33. The van der Waals surface area contributed by atoms with E-state index in [1.807, 2.05) is 12.1 Å². The molecule has 0 bridgehead atoms. The van der Waals surface area contributed by atoms with Crippen LogP contribution in [0.1, 0.15) is 37.8 Å². The molecule has 0 saturated carbocycles. The fourth-order valence-corrected chi connectivity index (χ4v) is 5.37. The van der Waals surface area contributed by atoms with Crippen LogP contribution < -0.4 is 5.73 Å². The Bertz CT molecular complexity index is 823. The van der Waals surface area contributed by atoms with Crippen LogP contribution in [0.15, 0.2) is 52.3 Å². The molecule has 0 aliphatic carbocycles. The maximum atomic E-state index is 11.2. The molecule has 0 amide bonds. The van der Waals surface area contributed by atoms with Gasteiger partial charge in [0.1, 0.15) is 0 Å². The lowest BCUT2D eigenvalue weighted by Gasteiger charge is -2.24. The predicted molar refractivity (Wildman–Crippen MR) is 114 cm³/mol. The Labute approximate surface area is 170 Å². The molecule has 2 rings (SSSR count). The Morgan fingerprint density at radius 2 is 1.89 bits per heavy atom. The van der Waals surface area contributed by atoms with Crippen molar-refractivity contribution >= 4 is 31.0 Å². The quantitative estimate of drug-likeness (QED) is 0.474. The van der Waals surface area contributed by atoms with Crippen molar-refractivity contribution in [2.75, 3.05) is 6.16 Å². The number of nitrogens with two attached hydrogens (primary N) is 1. The van der Waals surface area contributed by atoms with E-state index in [0.717, 1.165) is 29.7 Å². The number of hydrogen-bond donors (Lipinski definition) is 3. The van der Waals surface area contributed by atoms with Crippen LogP contribution in [-0.2, 0) is 17.4 Å². The maximum absolute atomic E-state index is 11.2. The van der Waals surface area contributed by atoms with Gasteiger partial charge in [-0.05, 0) is 68.0 Å². The second kappa shape index (κ2) is 9.60. The standard InChI is InChI=1S/C20H27ClNO3PS/c1-3-15-6-4-8-17(12-15)27-18-10-9-16(19(21)13-18)7-5-11-20(2,22)14-26(23,24)25/h4,6,8-10,12-13H,3,5,7,11,14,22H2,1-2H3,(H2,23,24,25)/t20-/m1/s1. The molecule has 0 aliphatic heterocycles. The van der Waals surface area contributed by atoms with Crippen molar-refractivity contribution in [1.82, 2.24) is 0 Å². The predicted octanol–water partition coefficient (Wildman–Crippen LogP) is 5.27. The summed E-state index contributed by atoms with van der Waals surface area (Å²) >= 11 is 8.12. The minimum absolute atomic E-state index is 0.305. The van der Waals surface area contributed by atoms with Crippen LogP contribution in [-0.4, -0.2) is 21.5 Å². The van der Waals surface area contributed by atoms with Crippen molar-refractivity contribution in [3.05, 3.63) is 58.6 Å². The molecule has 0 heterocycles. The highest BCUT2D eigenvalue weighted by Crippen LogP contribution is 2.39. The zero-order valence-electron chi connectivity index (χ0n) is 15.7. The van der Waals surface area contributed by atoms with Gasteiger partial charge in [0.2, 0.25) is 0 Å². The third-order valence-corrected chi connectivity index (χ3v) is 6.79. The van der Waals surface area contributed by atoms with Crippen LogP contribution in [0.25, 0.3) is 0 Å². The van der Waals surface area contributed by atoms with Crippen LogP contribution in [0.5, 0.6) is 0 Å². The summed E-state index contributed by atoms with van der Waals surface area (Å²) in [5, 5.41) is 0.709. The highest BCUT2D eigenvalue weighted by Gasteiger charge is 2.28. The number of benzene rings is 2. The molecule has 1 atom stereocenters. The molecule has 4 nitrogen and oxygen atoms in total. The van der Waals surface area contributed by atoms with E-state index < -0.39 is 13.1 Å². The van der Waals surface area contributed by atoms with Gasteiger partial charge in [0.15, 0.2) is 0 Å². The first-order valence-electron chi connectivity index (χ1n) is 8.97. The molecule has 0 aromatic heterocycles. The number of rotatable bonds is 9. The smallest absolute Gasteiger partial charge is 0.325 e. The molecular weight excluding hydrogens is 401 g/mol. The van der Waals surface area contributed by atoms with Crippen LogP contribution in [0.3, 0.4) is 0 Å². The van der Waals surface area contributed by atoms with Gasteiger partial charge in [-0.25, -0.2) is 0 Å². The summed E-state index contributed by atoms with van der Waals surface area (Å²) in [4.78, 5) is 20.5. The van der Waals surface area contributed by atoms with E-state index >= 15 is 0 Å². The Hall–Kier alpha value is -0.810. The lowest BCUT2D eigenvalue weighted by Crippen LogP contribution is -2.40. The molecule has 4 N–H and O–H groups in total. The second-order valence-electron chi connectivity index (χ2n) is 7.19. The van der Waals surface area contributed by atoms with Gasteiger partial charge >= 0.3 is 7.60 Å². The van der Waals surface area contributed by atoms with Gasteiger partial charge in [0, 0.05) is 20.4 Å². The summed E-state index contributed by atoms with van der Waals surface area (Å²) in [5.74, 6) is 0. The monoisotopic (exact) mass is 427 g/mol. The van der Waals surface area contributed by atoms with Crippen molar-refractivity contribution in [1.29, 1.82) is 0 Å². The summed E-state index contributed by atoms with van der Waals surface area (Å²) in [6, 6.07) is 14.5. The third kappa shape index (κ3) is 7.98. The molecule has 7 heteroatoms. The van der Waals surface area contributed by atoms with Gasteiger partial charge < -0.3 is 15.5 Å². The fraction of sp³-hybridized carbons (Fsp3) is 0.400. The molecule has 0 saturated heterocycles. The van der Waals surface area contributed by atoms with Crippen molar-refractivity contribution in [3.63, 3.8) is 0 Å². The summed E-state index contributed by atoms with van der Waals surface area (Å²) in [6.45, 7) is 3.82. The van der Waals surface area contributed by atoms with Gasteiger partial charge in [-0.2, -0.15) is 0 Å². The Kier molecular flexibility index (Phi) is 7.99. The van der Waals surface area contributed by atoms with Crippen molar-refractivity contribution in [2.24, 2.45) is 5.73 Å². The summed E-state index contributed by atoms with van der Waals surface area (Å²) in [7, 11) is -4.11. The molecular formula is C20H27ClNO3PS. The molecule has 0 aliphatic rings. The molecule has 0 unspecified atom stereocenters. The number of aryl methyl sites for hydroxylation is 2. The Morgan fingerprint density at radius 1 is 1.19 bits per heavy atom. The largest absolute Gasteiger partial charge is 0.327 e. The van der Waals surface area contributed by atoms with E-state index in [9.17, 15) is 4.57 Å². The van der Waals surface area contributed by atoms with Gasteiger partial charge in [0.25, 0.3) is 0 Å². The lowest BCUT2D eigenvalue weighted by molar-refractivity contribution is 0.348. The first kappa shape index (κ1) is 22.5. The van der Waals surface area contributed by atoms with E-state index in [1.54, 1.807) is 18.7 Å². The van der Waals surface area contributed by atoms with Crippen molar-refractivity contribution in [3.8, 4) is 0 Å². The molecule has 148 valence electrons. The molecule has 27 heavy (non-hydrogen) atoms. The van der Waals surface area contributed by atoms with E-state index in [-0.39, 0.29) is 6.16 Å². The first-order valence-corrected chi connectivity index (χ1v) is 12.0. The molecule has 2 aromatic rings. The summed E-state index contributed by atoms with van der Waals surface area (Å²) < 4.78 is 11.2. The number of halogens is 1. The SMILES string of the molecule is CCc1cccc(Sc2ccc(CCC[C@@](C)(N)CP(=O)(O)O)c(Cl)c2)c1. The second-order valence-corrected chi connectivity index (χ2v) is 10.4. The Morgan fingerprint density at radius 3 is 2.52 bits per heavy atom. The normalized spacial score (nSPS) is 14.1. The van der Waals surface area contributed by atoms with Crippen LogP contribution >= 0.6 is 31.0 Å². The van der Waals surface area contributed by atoms with Gasteiger partial charge in [0.05, 0.1) is 6.16 Å². The van der Waals surface area contributed by atoms with Gasteiger partial charge in [-0.3, -0.25) is 4.57 Å². The Balaban J connectivity index is 1.95. The summed E-state index contributed by atoms with van der Waals surface area (Å²) in [5.41, 5.74) is 7.46. The minimum Gasteiger partial charge on any atom is -0.325 e. The molecule has 2 aromatic carbocycles. The van der Waals surface area contributed by atoms with E-state index in [1.165, 1.54) is 10.5 Å². The van der Waals surface area contributed by atoms with Crippen LogP contribution in [0.2, 0.25) is 5.02 Å². The molecule has 0 spiro atoms. The number of hydrogen-bond acceptors (Lipinski definition) is 3. The van der Waals surface area contributed by atoms with Crippen molar-refractivity contribution < 1.29 is 14.4 Å². The minimum atomic E-state index is -4.11. The highest BCUT2D eigenvalue weighted by atomic mass is 35.5. The molecule has 0 fully saturated rings. The van der Waals surface area contributed by atoms with Gasteiger partial charge in [-0.1, -0.05) is 48.5 Å². The average Bonchev–Trinajstić information content (AvgIpc) is 2.54. The lowest BCUT2D eigenvalue weighted by atomic mass is 9.96. The van der Waals surface area contributed by atoms with E-state index in [2.05, 4.69) is 37.3 Å². The zero-order valence-corrected chi connectivity index (χ0v) is 18.2. The first-order chi connectivity index (χ1) is 12.6.